The van der Waals surface area contributed by atoms with E-state index in [0.29, 0.717) is 36.6 Å². The number of benzene rings is 1. The number of nitrogens with zero attached hydrogens (tertiary/aromatic N) is 2. The van der Waals surface area contributed by atoms with E-state index in [1.165, 1.54) is 11.3 Å². The zero-order valence-electron chi connectivity index (χ0n) is 17.3. The number of carbonyl (C=O) groups is 2. The van der Waals surface area contributed by atoms with E-state index in [1.807, 2.05) is 49.4 Å². The number of aryl methyl sites for hydroxylation is 1. The van der Waals surface area contributed by atoms with Crippen LogP contribution in [0.2, 0.25) is 0 Å². The summed E-state index contributed by atoms with van der Waals surface area (Å²) in [4.78, 5) is 34.1. The lowest BCUT2D eigenvalue weighted by Gasteiger charge is -2.22. The summed E-state index contributed by atoms with van der Waals surface area (Å²) in [6, 6.07) is 13.4. The SMILES string of the molecule is Cc1ccc(C(=O)N2CCc3cc(C(=O)N[C@@H]4CCOC4)sc3-c3ncccc32)cc1. The summed E-state index contributed by atoms with van der Waals surface area (Å²) in [5.41, 5.74) is 4.36. The molecular weight excluding hydrogens is 410 g/mol. The van der Waals surface area contributed by atoms with E-state index in [9.17, 15) is 9.59 Å². The van der Waals surface area contributed by atoms with Crippen LogP contribution in [0.1, 0.15) is 37.6 Å². The summed E-state index contributed by atoms with van der Waals surface area (Å²) in [5.74, 6) is -0.109. The maximum Gasteiger partial charge on any atom is 0.261 e. The van der Waals surface area contributed by atoms with E-state index < -0.39 is 0 Å². The van der Waals surface area contributed by atoms with Gasteiger partial charge in [0.2, 0.25) is 0 Å². The molecule has 1 fully saturated rings. The summed E-state index contributed by atoms with van der Waals surface area (Å²) in [6.07, 6.45) is 3.24. The smallest absolute Gasteiger partial charge is 0.261 e. The van der Waals surface area contributed by atoms with Crippen molar-refractivity contribution in [1.82, 2.24) is 10.3 Å². The molecule has 0 spiro atoms. The Kier molecular flexibility index (Phi) is 5.29. The maximum absolute atomic E-state index is 13.3. The maximum atomic E-state index is 13.3. The van der Waals surface area contributed by atoms with Crippen LogP contribution >= 0.6 is 11.3 Å². The van der Waals surface area contributed by atoms with Crippen LogP contribution in [0.15, 0.2) is 48.7 Å². The average molecular weight is 434 g/mol. The third-order valence-electron chi connectivity index (χ3n) is 5.74. The first-order valence-electron chi connectivity index (χ1n) is 10.5. The first-order chi connectivity index (χ1) is 15.1. The van der Waals surface area contributed by atoms with E-state index in [0.717, 1.165) is 33.8 Å². The van der Waals surface area contributed by atoms with Gasteiger partial charge >= 0.3 is 0 Å². The fraction of sp³-hybridized carbons (Fsp3) is 0.292. The first-order valence-corrected chi connectivity index (χ1v) is 11.3. The Bertz CT molecular complexity index is 1130. The van der Waals surface area contributed by atoms with Crippen molar-refractivity contribution in [2.24, 2.45) is 0 Å². The molecule has 1 aromatic carbocycles. The summed E-state index contributed by atoms with van der Waals surface area (Å²) in [5, 5.41) is 3.06. The van der Waals surface area contributed by atoms with Crippen LogP contribution in [-0.2, 0) is 11.2 Å². The topological polar surface area (TPSA) is 71.5 Å². The van der Waals surface area contributed by atoms with Gasteiger partial charge in [0.05, 0.1) is 28.1 Å². The minimum atomic E-state index is -0.0707. The highest BCUT2D eigenvalue weighted by Crippen LogP contribution is 2.40. The minimum absolute atomic E-state index is 0.0383. The van der Waals surface area contributed by atoms with Gasteiger partial charge in [0, 0.05) is 24.9 Å². The summed E-state index contributed by atoms with van der Waals surface area (Å²) in [6.45, 7) is 3.79. The van der Waals surface area contributed by atoms with Crippen molar-refractivity contribution in [3.05, 3.63) is 70.2 Å². The van der Waals surface area contributed by atoms with Crippen LogP contribution in [0.25, 0.3) is 10.6 Å². The lowest BCUT2D eigenvalue weighted by atomic mass is 10.1. The largest absolute Gasteiger partial charge is 0.379 e. The number of ether oxygens (including phenoxy) is 1. The molecule has 2 amide bonds. The second-order valence-electron chi connectivity index (χ2n) is 7.94. The van der Waals surface area contributed by atoms with Gasteiger partial charge in [-0.05, 0) is 55.7 Å². The van der Waals surface area contributed by atoms with Crippen LogP contribution in [0.4, 0.5) is 5.69 Å². The van der Waals surface area contributed by atoms with Crippen LogP contribution in [-0.4, -0.2) is 42.6 Å². The molecule has 3 aromatic rings. The molecule has 0 unspecified atom stereocenters. The van der Waals surface area contributed by atoms with Gasteiger partial charge in [-0.1, -0.05) is 17.7 Å². The van der Waals surface area contributed by atoms with Crippen molar-refractivity contribution in [1.29, 1.82) is 0 Å². The Hall–Kier alpha value is -3.03. The molecular formula is C24H23N3O3S. The van der Waals surface area contributed by atoms with E-state index in [-0.39, 0.29) is 17.9 Å². The fourth-order valence-corrected chi connectivity index (χ4v) is 5.16. The zero-order valence-corrected chi connectivity index (χ0v) is 18.1. The van der Waals surface area contributed by atoms with E-state index in [1.54, 1.807) is 11.1 Å². The molecule has 0 radical (unpaired) electrons. The number of anilines is 1. The Morgan fingerprint density at radius 2 is 2.06 bits per heavy atom. The van der Waals surface area contributed by atoms with Gasteiger partial charge in [0.15, 0.2) is 0 Å². The number of hydrogen-bond acceptors (Lipinski definition) is 5. The quantitative estimate of drug-likeness (QED) is 0.681. The predicted octanol–water partition coefficient (Wildman–Crippen LogP) is 3.84. The molecule has 31 heavy (non-hydrogen) atoms. The third-order valence-corrected chi connectivity index (χ3v) is 6.92. The van der Waals surface area contributed by atoms with Gasteiger partial charge in [0.25, 0.3) is 11.8 Å². The molecule has 5 rings (SSSR count). The van der Waals surface area contributed by atoms with Gasteiger partial charge in [-0.15, -0.1) is 11.3 Å². The van der Waals surface area contributed by atoms with Crippen LogP contribution in [0, 0.1) is 6.92 Å². The summed E-state index contributed by atoms with van der Waals surface area (Å²) < 4.78 is 5.36. The Morgan fingerprint density at radius 3 is 2.84 bits per heavy atom. The van der Waals surface area contributed by atoms with Crippen LogP contribution in [0.3, 0.4) is 0 Å². The number of nitrogens with one attached hydrogen (secondary N) is 1. The number of rotatable bonds is 3. The van der Waals surface area contributed by atoms with E-state index in [2.05, 4.69) is 10.3 Å². The van der Waals surface area contributed by atoms with Crippen molar-refractivity contribution in [3.63, 3.8) is 0 Å². The van der Waals surface area contributed by atoms with Crippen molar-refractivity contribution in [2.45, 2.75) is 25.8 Å². The molecule has 0 saturated carbocycles. The average Bonchev–Trinajstić information content (AvgIpc) is 3.42. The highest BCUT2D eigenvalue weighted by molar-refractivity contribution is 7.17. The van der Waals surface area contributed by atoms with Crippen LogP contribution < -0.4 is 10.2 Å². The predicted molar refractivity (Wildman–Crippen MR) is 121 cm³/mol. The first kappa shape index (κ1) is 19.9. The number of fused-ring (bicyclic) bond motifs is 3. The third kappa shape index (κ3) is 3.86. The van der Waals surface area contributed by atoms with Crippen molar-refractivity contribution < 1.29 is 14.3 Å². The Balaban J connectivity index is 1.47. The molecule has 1 atom stereocenters. The number of amides is 2. The molecule has 0 aliphatic carbocycles. The highest BCUT2D eigenvalue weighted by Gasteiger charge is 2.29. The number of hydrogen-bond donors (Lipinski definition) is 1. The Morgan fingerprint density at radius 1 is 1.23 bits per heavy atom. The van der Waals surface area contributed by atoms with Crippen molar-refractivity contribution >= 4 is 28.8 Å². The molecule has 2 aromatic heterocycles. The monoisotopic (exact) mass is 433 g/mol. The molecule has 7 heteroatoms. The second kappa shape index (κ2) is 8.24. The molecule has 0 bridgehead atoms. The molecule has 6 nitrogen and oxygen atoms in total. The van der Waals surface area contributed by atoms with Crippen molar-refractivity contribution in [3.8, 4) is 10.6 Å². The van der Waals surface area contributed by atoms with E-state index >= 15 is 0 Å². The fourth-order valence-electron chi connectivity index (χ4n) is 4.04. The molecule has 1 saturated heterocycles. The number of aromatic nitrogens is 1. The lowest BCUT2D eigenvalue weighted by Crippen LogP contribution is -2.34. The zero-order chi connectivity index (χ0) is 21.4. The van der Waals surface area contributed by atoms with Crippen molar-refractivity contribution in [2.75, 3.05) is 24.7 Å². The number of pyridine rings is 1. The second-order valence-corrected chi connectivity index (χ2v) is 9.00. The normalized spacial score (nSPS) is 17.6. The molecule has 158 valence electrons. The highest BCUT2D eigenvalue weighted by atomic mass is 32.1. The van der Waals surface area contributed by atoms with Gasteiger partial charge in [0.1, 0.15) is 5.69 Å². The lowest BCUT2D eigenvalue weighted by molar-refractivity contribution is 0.0932. The standard InChI is InChI=1S/C24H23N3O3S/c1-15-4-6-16(7-5-15)24(29)27-11-8-17-13-20(23(28)26-18-9-12-30-14-18)31-22(17)21-19(27)3-2-10-25-21/h2-7,10,13,18H,8-9,11-12,14H2,1H3,(H,26,28)/t18-/m1/s1. The van der Waals surface area contributed by atoms with E-state index in [4.69, 9.17) is 4.74 Å². The van der Waals surface area contributed by atoms with Gasteiger partial charge in [-0.3, -0.25) is 14.6 Å². The molecule has 4 heterocycles. The molecule has 1 N–H and O–H groups in total. The number of carbonyl (C=O) groups excluding carboxylic acids is 2. The minimum Gasteiger partial charge on any atom is -0.379 e. The van der Waals surface area contributed by atoms with Gasteiger partial charge in [-0.25, -0.2) is 0 Å². The van der Waals surface area contributed by atoms with Crippen LogP contribution in [0.5, 0.6) is 0 Å². The Labute approximate surface area is 184 Å². The summed E-state index contributed by atoms with van der Waals surface area (Å²) >= 11 is 1.44. The molecule has 2 aliphatic rings. The number of thiophene rings is 1. The van der Waals surface area contributed by atoms with Gasteiger partial charge < -0.3 is 15.0 Å². The van der Waals surface area contributed by atoms with Gasteiger partial charge in [-0.2, -0.15) is 0 Å². The summed E-state index contributed by atoms with van der Waals surface area (Å²) in [7, 11) is 0. The molecule has 2 aliphatic heterocycles.